The Morgan fingerprint density at radius 1 is 1.33 bits per heavy atom. The molecule has 0 saturated carbocycles. The molecule has 0 heterocycles. The smallest absolute Gasteiger partial charge is 0.119 e. The normalized spacial score (nSPS) is 16.9. The van der Waals surface area contributed by atoms with E-state index in [-0.39, 0.29) is 0 Å². The van der Waals surface area contributed by atoms with Crippen LogP contribution in [0, 0.1) is 0 Å². The van der Waals surface area contributed by atoms with E-state index in [0.717, 1.165) is 25.1 Å². The molecular weight excluding hydrogens is 222 g/mol. The molecule has 0 unspecified atom stereocenters. The van der Waals surface area contributed by atoms with Crippen LogP contribution in [0.1, 0.15) is 38.3 Å². The quantitative estimate of drug-likeness (QED) is 0.877. The number of hydrogen-bond acceptors (Lipinski definition) is 2. The molecule has 1 aliphatic carbocycles. The van der Waals surface area contributed by atoms with Gasteiger partial charge in [0.1, 0.15) is 5.75 Å². The van der Waals surface area contributed by atoms with Crippen molar-refractivity contribution in [2.24, 2.45) is 0 Å². The van der Waals surface area contributed by atoms with E-state index in [2.05, 4.69) is 44.3 Å². The van der Waals surface area contributed by atoms with Crippen molar-refractivity contribution in [2.45, 2.75) is 39.7 Å². The molecule has 0 aromatic heterocycles. The molecule has 1 aliphatic rings. The second-order valence-electron chi connectivity index (χ2n) is 5.32. The van der Waals surface area contributed by atoms with Crippen molar-refractivity contribution in [3.8, 4) is 5.75 Å². The van der Waals surface area contributed by atoms with Crippen LogP contribution in [0.3, 0.4) is 0 Å². The van der Waals surface area contributed by atoms with E-state index < -0.39 is 0 Å². The van der Waals surface area contributed by atoms with Gasteiger partial charge < -0.3 is 10.1 Å². The summed E-state index contributed by atoms with van der Waals surface area (Å²) in [4.78, 5) is 0. The van der Waals surface area contributed by atoms with Gasteiger partial charge in [0.25, 0.3) is 0 Å². The van der Waals surface area contributed by atoms with E-state index in [9.17, 15) is 0 Å². The molecule has 0 bridgehead atoms. The maximum Gasteiger partial charge on any atom is 0.119 e. The average molecular weight is 245 g/mol. The summed E-state index contributed by atoms with van der Waals surface area (Å²) in [7, 11) is 1.73. The van der Waals surface area contributed by atoms with Gasteiger partial charge in [-0.25, -0.2) is 0 Å². The highest BCUT2D eigenvalue weighted by Crippen LogP contribution is 2.36. The zero-order valence-corrected chi connectivity index (χ0v) is 11.8. The Hall–Kier alpha value is -1.28. The van der Waals surface area contributed by atoms with Crippen LogP contribution in [0.15, 0.2) is 23.8 Å². The fraction of sp³-hybridized carbons (Fsp3) is 0.500. The number of methoxy groups -OCH3 is 1. The van der Waals surface area contributed by atoms with Crippen LogP contribution in [0.2, 0.25) is 0 Å². The van der Waals surface area contributed by atoms with Gasteiger partial charge in [0.15, 0.2) is 0 Å². The first kappa shape index (κ1) is 13.2. The number of hydrogen-bond donors (Lipinski definition) is 1. The molecule has 98 valence electrons. The van der Waals surface area contributed by atoms with E-state index in [1.54, 1.807) is 7.11 Å². The van der Waals surface area contributed by atoms with E-state index in [1.807, 2.05) is 0 Å². The molecule has 0 amide bonds. The summed E-state index contributed by atoms with van der Waals surface area (Å²) < 4.78 is 5.33. The first-order valence-electron chi connectivity index (χ1n) is 6.71. The number of nitrogens with one attached hydrogen (secondary N) is 1. The maximum absolute atomic E-state index is 5.33. The standard InChI is InChI=1S/C16H23NO/c1-11(2)17-10-12(3)15-8-6-13-5-7-14(18-4)9-16(13)15/h5,7,9,11,17H,6,8,10H2,1-4H3/b15-12+. The van der Waals surface area contributed by atoms with Crippen LogP contribution in [0.4, 0.5) is 0 Å². The third kappa shape index (κ3) is 2.75. The fourth-order valence-corrected chi connectivity index (χ4v) is 2.48. The lowest BCUT2D eigenvalue weighted by Gasteiger charge is -2.12. The molecule has 0 radical (unpaired) electrons. The second kappa shape index (κ2) is 5.57. The molecule has 2 heteroatoms. The topological polar surface area (TPSA) is 21.3 Å². The van der Waals surface area contributed by atoms with Crippen LogP contribution in [0.25, 0.3) is 5.57 Å². The summed E-state index contributed by atoms with van der Waals surface area (Å²) >= 11 is 0. The molecule has 0 spiro atoms. The molecule has 0 saturated heterocycles. The minimum absolute atomic E-state index is 0.534. The van der Waals surface area contributed by atoms with Gasteiger partial charge in [-0.1, -0.05) is 25.5 Å². The summed E-state index contributed by atoms with van der Waals surface area (Å²) in [5.74, 6) is 0.956. The van der Waals surface area contributed by atoms with Gasteiger partial charge in [-0.2, -0.15) is 0 Å². The molecule has 2 rings (SSSR count). The number of aryl methyl sites for hydroxylation is 1. The summed E-state index contributed by atoms with van der Waals surface area (Å²) in [5.41, 5.74) is 5.79. The Labute approximate surface area is 110 Å². The van der Waals surface area contributed by atoms with Crippen molar-refractivity contribution >= 4 is 5.57 Å². The van der Waals surface area contributed by atoms with E-state index >= 15 is 0 Å². The van der Waals surface area contributed by atoms with Crippen molar-refractivity contribution < 1.29 is 4.74 Å². The minimum Gasteiger partial charge on any atom is -0.497 e. The van der Waals surface area contributed by atoms with Gasteiger partial charge in [0, 0.05) is 12.6 Å². The predicted octanol–water partition coefficient (Wildman–Crippen LogP) is 3.41. The van der Waals surface area contributed by atoms with Crippen LogP contribution < -0.4 is 10.1 Å². The Morgan fingerprint density at radius 3 is 2.78 bits per heavy atom. The Bertz CT molecular complexity index is 460. The summed E-state index contributed by atoms with van der Waals surface area (Å²) in [6.07, 6.45) is 2.32. The van der Waals surface area contributed by atoms with Gasteiger partial charge in [-0.3, -0.25) is 0 Å². The Kier molecular flexibility index (Phi) is 4.07. The van der Waals surface area contributed by atoms with Crippen LogP contribution in [0.5, 0.6) is 5.75 Å². The molecule has 1 aromatic rings. The summed E-state index contributed by atoms with van der Waals surface area (Å²) in [6.45, 7) is 7.58. The number of ether oxygens (including phenoxy) is 1. The molecule has 2 nitrogen and oxygen atoms in total. The minimum atomic E-state index is 0.534. The molecular formula is C16H23NO. The van der Waals surface area contributed by atoms with Crippen molar-refractivity contribution in [3.63, 3.8) is 0 Å². The summed E-state index contributed by atoms with van der Waals surface area (Å²) in [6, 6.07) is 6.97. The Morgan fingerprint density at radius 2 is 2.11 bits per heavy atom. The zero-order chi connectivity index (χ0) is 13.1. The first-order valence-corrected chi connectivity index (χ1v) is 6.71. The number of allylic oxidation sites excluding steroid dienone is 1. The molecule has 0 fully saturated rings. The number of rotatable bonds is 4. The number of fused-ring (bicyclic) bond motifs is 1. The van der Waals surface area contributed by atoms with E-state index in [4.69, 9.17) is 4.74 Å². The predicted molar refractivity (Wildman–Crippen MR) is 77.0 cm³/mol. The van der Waals surface area contributed by atoms with Crippen molar-refractivity contribution in [1.82, 2.24) is 5.32 Å². The highest BCUT2D eigenvalue weighted by atomic mass is 16.5. The molecule has 18 heavy (non-hydrogen) atoms. The highest BCUT2D eigenvalue weighted by Gasteiger charge is 2.18. The summed E-state index contributed by atoms with van der Waals surface area (Å²) in [5, 5.41) is 3.49. The van der Waals surface area contributed by atoms with Crippen LogP contribution in [-0.4, -0.2) is 19.7 Å². The largest absolute Gasteiger partial charge is 0.497 e. The van der Waals surface area contributed by atoms with E-state index in [0.29, 0.717) is 6.04 Å². The third-order valence-corrected chi connectivity index (χ3v) is 3.58. The Balaban J connectivity index is 2.26. The van der Waals surface area contributed by atoms with Gasteiger partial charge >= 0.3 is 0 Å². The first-order chi connectivity index (χ1) is 8.61. The molecule has 1 aromatic carbocycles. The lowest BCUT2D eigenvalue weighted by molar-refractivity contribution is 0.414. The maximum atomic E-state index is 5.33. The van der Waals surface area contributed by atoms with Gasteiger partial charge in [-0.05, 0) is 48.6 Å². The monoisotopic (exact) mass is 245 g/mol. The van der Waals surface area contributed by atoms with Crippen molar-refractivity contribution in [3.05, 3.63) is 34.9 Å². The van der Waals surface area contributed by atoms with E-state index in [1.165, 1.54) is 22.3 Å². The van der Waals surface area contributed by atoms with Crippen LogP contribution in [-0.2, 0) is 6.42 Å². The third-order valence-electron chi connectivity index (χ3n) is 3.58. The highest BCUT2D eigenvalue weighted by molar-refractivity contribution is 5.75. The van der Waals surface area contributed by atoms with Gasteiger partial charge in [0.2, 0.25) is 0 Å². The van der Waals surface area contributed by atoms with Crippen molar-refractivity contribution in [2.75, 3.05) is 13.7 Å². The van der Waals surface area contributed by atoms with Crippen LogP contribution >= 0.6 is 0 Å². The average Bonchev–Trinajstić information content (AvgIpc) is 2.78. The van der Waals surface area contributed by atoms with Gasteiger partial charge in [0.05, 0.1) is 7.11 Å². The lowest BCUT2D eigenvalue weighted by Crippen LogP contribution is -2.24. The molecule has 1 N–H and O–H groups in total. The number of benzene rings is 1. The lowest BCUT2D eigenvalue weighted by atomic mass is 10.0. The second-order valence-corrected chi connectivity index (χ2v) is 5.32. The van der Waals surface area contributed by atoms with Crippen molar-refractivity contribution in [1.29, 1.82) is 0 Å². The van der Waals surface area contributed by atoms with Gasteiger partial charge in [-0.15, -0.1) is 0 Å². The zero-order valence-electron chi connectivity index (χ0n) is 11.8. The fourth-order valence-electron chi connectivity index (χ4n) is 2.48. The molecule has 0 atom stereocenters. The molecule has 0 aliphatic heterocycles. The SMILES string of the molecule is COc1ccc2c(c1)/C(=C(\C)CNC(C)C)CC2.